The molecule has 26 heavy (non-hydrogen) atoms. The molecule has 0 amide bonds. The molecule has 1 aromatic rings. The van der Waals surface area contributed by atoms with Crippen LogP contribution in [0.1, 0.15) is 33.3 Å². The second-order valence-electron chi connectivity index (χ2n) is 8.15. The number of piperazine rings is 1. The van der Waals surface area contributed by atoms with Crippen LogP contribution in [0.2, 0.25) is 0 Å². The van der Waals surface area contributed by atoms with Gasteiger partial charge in [0, 0.05) is 31.9 Å². The molecule has 0 spiro atoms. The molecular formula is C18H26BF3N2O2. The summed E-state index contributed by atoms with van der Waals surface area (Å²) in [7, 11) is 0.984. The molecule has 2 saturated heterocycles. The van der Waals surface area contributed by atoms with Crippen molar-refractivity contribution < 1.29 is 22.5 Å². The zero-order valence-corrected chi connectivity index (χ0v) is 16.0. The molecule has 0 N–H and O–H groups in total. The van der Waals surface area contributed by atoms with Crippen molar-refractivity contribution in [1.29, 1.82) is 0 Å². The fourth-order valence-corrected chi connectivity index (χ4v) is 3.23. The Morgan fingerprint density at radius 2 is 1.50 bits per heavy atom. The maximum absolute atomic E-state index is 13.8. The van der Waals surface area contributed by atoms with Crippen molar-refractivity contribution in [2.45, 2.75) is 45.1 Å². The summed E-state index contributed by atoms with van der Waals surface area (Å²) in [5, 5.41) is 0. The van der Waals surface area contributed by atoms with E-state index < -0.39 is 30.1 Å². The maximum atomic E-state index is 13.8. The van der Waals surface area contributed by atoms with Gasteiger partial charge in [-0.25, -0.2) is 0 Å². The lowest BCUT2D eigenvalue weighted by molar-refractivity contribution is -0.136. The fourth-order valence-electron chi connectivity index (χ4n) is 3.23. The first-order valence-electron chi connectivity index (χ1n) is 8.91. The number of alkyl halides is 3. The average molecular weight is 370 g/mol. The topological polar surface area (TPSA) is 24.9 Å². The van der Waals surface area contributed by atoms with Crippen LogP contribution in [0.15, 0.2) is 18.2 Å². The van der Waals surface area contributed by atoms with Crippen LogP contribution in [0.3, 0.4) is 0 Å². The Labute approximate surface area is 153 Å². The third-order valence-electron chi connectivity index (χ3n) is 5.72. The molecule has 3 rings (SSSR count). The Hall–Kier alpha value is -1.25. The molecule has 0 aliphatic carbocycles. The van der Waals surface area contributed by atoms with Gasteiger partial charge in [-0.05, 0) is 52.3 Å². The van der Waals surface area contributed by atoms with Crippen LogP contribution >= 0.6 is 0 Å². The minimum atomic E-state index is -4.47. The summed E-state index contributed by atoms with van der Waals surface area (Å²) >= 11 is 0. The van der Waals surface area contributed by atoms with Crippen LogP contribution in [-0.2, 0) is 15.5 Å². The number of hydrogen-bond acceptors (Lipinski definition) is 4. The number of benzene rings is 1. The van der Waals surface area contributed by atoms with Crippen molar-refractivity contribution in [2.75, 3.05) is 38.1 Å². The lowest BCUT2D eigenvalue weighted by atomic mass is 9.75. The predicted molar refractivity (Wildman–Crippen MR) is 96.9 cm³/mol. The molecule has 0 unspecified atom stereocenters. The van der Waals surface area contributed by atoms with E-state index in [0.29, 0.717) is 18.8 Å². The van der Waals surface area contributed by atoms with E-state index in [2.05, 4.69) is 4.90 Å². The van der Waals surface area contributed by atoms with E-state index in [0.717, 1.165) is 13.1 Å². The quantitative estimate of drug-likeness (QED) is 0.748. The van der Waals surface area contributed by atoms with Crippen molar-refractivity contribution >= 4 is 18.3 Å². The van der Waals surface area contributed by atoms with Crippen molar-refractivity contribution in [1.82, 2.24) is 4.90 Å². The third-order valence-corrected chi connectivity index (χ3v) is 5.72. The smallest absolute Gasteiger partial charge is 0.399 e. The van der Waals surface area contributed by atoms with Crippen LogP contribution in [0.4, 0.5) is 18.9 Å². The molecular weight excluding hydrogens is 344 g/mol. The van der Waals surface area contributed by atoms with Gasteiger partial charge < -0.3 is 19.1 Å². The molecule has 0 radical (unpaired) electrons. The van der Waals surface area contributed by atoms with Gasteiger partial charge in [0.15, 0.2) is 0 Å². The molecule has 8 heteroatoms. The zero-order chi connectivity index (χ0) is 19.3. The van der Waals surface area contributed by atoms with Gasteiger partial charge in [0.25, 0.3) is 0 Å². The Morgan fingerprint density at radius 1 is 0.962 bits per heavy atom. The van der Waals surface area contributed by atoms with Crippen LogP contribution in [0.5, 0.6) is 0 Å². The Balaban J connectivity index is 1.94. The normalized spacial score (nSPS) is 23.5. The van der Waals surface area contributed by atoms with Gasteiger partial charge in [0.1, 0.15) is 0 Å². The van der Waals surface area contributed by atoms with Crippen molar-refractivity contribution in [3.8, 4) is 0 Å². The summed E-state index contributed by atoms with van der Waals surface area (Å²) in [5.74, 6) is 0. The number of hydrogen-bond donors (Lipinski definition) is 0. The summed E-state index contributed by atoms with van der Waals surface area (Å²) in [5.41, 5.74) is -1.43. The summed E-state index contributed by atoms with van der Waals surface area (Å²) < 4.78 is 53.0. The molecule has 2 aliphatic rings. The number of rotatable bonds is 2. The summed E-state index contributed by atoms with van der Waals surface area (Å²) in [4.78, 5) is 4.16. The highest BCUT2D eigenvalue weighted by molar-refractivity contribution is 6.62. The molecule has 0 saturated carbocycles. The Kier molecular flexibility index (Phi) is 4.82. The Morgan fingerprint density at radius 3 is 2.00 bits per heavy atom. The molecule has 0 aromatic heterocycles. The van der Waals surface area contributed by atoms with E-state index in [1.165, 1.54) is 12.1 Å². The highest BCUT2D eigenvalue weighted by atomic mass is 19.4. The van der Waals surface area contributed by atoms with E-state index in [1.807, 2.05) is 39.6 Å². The van der Waals surface area contributed by atoms with Gasteiger partial charge in [-0.15, -0.1) is 0 Å². The molecule has 0 atom stereocenters. The van der Waals surface area contributed by atoms with Crippen LogP contribution in [0.25, 0.3) is 0 Å². The molecule has 4 nitrogen and oxygen atoms in total. The summed E-state index contributed by atoms with van der Waals surface area (Å²) in [6, 6.07) is 4.46. The van der Waals surface area contributed by atoms with Gasteiger partial charge in [0.2, 0.25) is 0 Å². The fraction of sp³-hybridized carbons (Fsp3) is 0.667. The molecule has 1 aromatic carbocycles. The average Bonchev–Trinajstić information content (AvgIpc) is 2.75. The standard InChI is InChI=1S/C18H26BF3N2O2/c1-16(2)17(3,4)26-19(25-16)15-7-6-13(12-14(15)18(20,21)22)24-10-8-23(5)9-11-24/h6-7,12H,8-11H2,1-5H3. The monoisotopic (exact) mass is 370 g/mol. The maximum Gasteiger partial charge on any atom is 0.495 e. The van der Waals surface area contributed by atoms with E-state index in [9.17, 15) is 13.2 Å². The highest BCUT2D eigenvalue weighted by Gasteiger charge is 2.53. The Bertz CT molecular complexity index is 655. The largest absolute Gasteiger partial charge is 0.495 e. The first-order valence-corrected chi connectivity index (χ1v) is 8.91. The molecule has 0 bridgehead atoms. The van der Waals surface area contributed by atoms with Gasteiger partial charge >= 0.3 is 13.3 Å². The van der Waals surface area contributed by atoms with Crippen molar-refractivity contribution in [2.24, 2.45) is 0 Å². The van der Waals surface area contributed by atoms with Crippen LogP contribution in [-0.4, -0.2) is 56.4 Å². The number of likely N-dealkylation sites (N-methyl/N-ethyl adjacent to an activating group) is 1. The molecule has 144 valence electrons. The zero-order valence-electron chi connectivity index (χ0n) is 16.0. The van der Waals surface area contributed by atoms with E-state index >= 15 is 0 Å². The molecule has 2 fully saturated rings. The predicted octanol–water partition coefficient (Wildman–Crippen LogP) is 2.76. The number of halogens is 3. The van der Waals surface area contributed by atoms with Crippen LogP contribution < -0.4 is 10.4 Å². The second-order valence-corrected chi connectivity index (χ2v) is 8.15. The van der Waals surface area contributed by atoms with E-state index in [1.54, 1.807) is 6.07 Å². The number of nitrogens with zero attached hydrogens (tertiary/aromatic N) is 2. The lowest BCUT2D eigenvalue weighted by Crippen LogP contribution is -2.45. The first-order chi connectivity index (χ1) is 11.9. The highest BCUT2D eigenvalue weighted by Crippen LogP contribution is 2.38. The minimum Gasteiger partial charge on any atom is -0.399 e. The minimum absolute atomic E-state index is 0.0361. The SMILES string of the molecule is CN1CCN(c2ccc(B3OC(C)(C)C(C)(C)O3)c(C(F)(F)F)c2)CC1. The lowest BCUT2D eigenvalue weighted by Gasteiger charge is -2.34. The van der Waals surface area contributed by atoms with Gasteiger partial charge in [-0.3, -0.25) is 0 Å². The molecule has 2 heterocycles. The van der Waals surface area contributed by atoms with Gasteiger partial charge in [-0.2, -0.15) is 13.2 Å². The summed E-state index contributed by atoms with van der Waals surface area (Å²) in [6.45, 7) is 10.4. The van der Waals surface area contributed by atoms with E-state index in [4.69, 9.17) is 9.31 Å². The molecule has 2 aliphatic heterocycles. The van der Waals surface area contributed by atoms with Gasteiger partial charge in [-0.1, -0.05) is 6.07 Å². The van der Waals surface area contributed by atoms with Crippen molar-refractivity contribution in [3.05, 3.63) is 23.8 Å². The summed E-state index contributed by atoms with van der Waals surface area (Å²) in [6.07, 6.45) is -4.47. The van der Waals surface area contributed by atoms with Gasteiger partial charge in [0.05, 0.1) is 16.8 Å². The van der Waals surface area contributed by atoms with E-state index in [-0.39, 0.29) is 5.46 Å². The third kappa shape index (κ3) is 3.59. The van der Waals surface area contributed by atoms with Crippen LogP contribution in [0, 0.1) is 0 Å². The second kappa shape index (κ2) is 6.42. The van der Waals surface area contributed by atoms with Crippen molar-refractivity contribution in [3.63, 3.8) is 0 Å². The number of anilines is 1. The first kappa shape index (κ1) is 19.5.